The second kappa shape index (κ2) is 6.87. The molecular formula is C13H17Cl2NO. The molecule has 2 nitrogen and oxygen atoms in total. The van der Waals surface area contributed by atoms with Gasteiger partial charge in [-0.2, -0.15) is 0 Å². The van der Waals surface area contributed by atoms with Gasteiger partial charge in [-0.05, 0) is 37.1 Å². The van der Waals surface area contributed by atoms with Crippen molar-refractivity contribution in [1.82, 2.24) is 5.32 Å². The molecule has 1 atom stereocenters. The van der Waals surface area contributed by atoms with Gasteiger partial charge in [-0.15, -0.1) is 11.6 Å². The van der Waals surface area contributed by atoms with E-state index in [2.05, 4.69) is 12.2 Å². The predicted octanol–water partition coefficient (Wildman–Crippen LogP) is 3.79. The molecule has 1 N–H and O–H groups in total. The van der Waals surface area contributed by atoms with Gasteiger partial charge in [0.2, 0.25) is 0 Å². The average Bonchev–Trinajstić information content (AvgIpc) is 2.30. The summed E-state index contributed by atoms with van der Waals surface area (Å²) in [4.78, 5) is 11.8. The first-order valence-corrected chi connectivity index (χ1v) is 6.54. The Bertz CT molecular complexity index is 393. The number of benzene rings is 1. The van der Waals surface area contributed by atoms with Crippen LogP contribution in [-0.4, -0.2) is 17.8 Å². The highest BCUT2D eigenvalue weighted by atomic mass is 35.5. The lowest BCUT2D eigenvalue weighted by atomic mass is 10.1. The minimum absolute atomic E-state index is 0.00246. The van der Waals surface area contributed by atoms with E-state index in [4.69, 9.17) is 23.2 Å². The van der Waals surface area contributed by atoms with Crippen LogP contribution in [-0.2, 0) is 0 Å². The Morgan fingerprint density at radius 3 is 2.76 bits per heavy atom. The molecule has 0 spiro atoms. The average molecular weight is 274 g/mol. The summed E-state index contributed by atoms with van der Waals surface area (Å²) in [6.07, 6.45) is 1.92. The molecule has 1 aromatic carbocycles. The van der Waals surface area contributed by atoms with Crippen molar-refractivity contribution < 1.29 is 4.79 Å². The number of alkyl halides is 1. The largest absolute Gasteiger partial charge is 0.351 e. The first kappa shape index (κ1) is 14.3. The van der Waals surface area contributed by atoms with Gasteiger partial charge < -0.3 is 5.32 Å². The van der Waals surface area contributed by atoms with Crippen LogP contribution >= 0.6 is 23.2 Å². The molecule has 0 saturated carbocycles. The highest BCUT2D eigenvalue weighted by Crippen LogP contribution is 2.16. The van der Waals surface area contributed by atoms with Gasteiger partial charge in [-0.1, -0.05) is 24.9 Å². The van der Waals surface area contributed by atoms with E-state index in [1.807, 2.05) is 6.92 Å². The fraction of sp³-hybridized carbons (Fsp3) is 0.462. The molecule has 0 radical (unpaired) electrons. The summed E-state index contributed by atoms with van der Waals surface area (Å²) in [7, 11) is 0. The molecule has 17 heavy (non-hydrogen) atoms. The molecule has 0 fully saturated rings. The van der Waals surface area contributed by atoms with E-state index >= 15 is 0 Å². The molecule has 0 heterocycles. The smallest absolute Gasteiger partial charge is 0.251 e. The van der Waals surface area contributed by atoms with Gasteiger partial charge in [-0.25, -0.2) is 0 Å². The first-order chi connectivity index (χ1) is 8.04. The number of carbonyl (C=O) groups excluding carboxylic acids is 1. The Labute approximate surface area is 112 Å². The molecule has 1 aromatic rings. The molecular weight excluding hydrogens is 257 g/mol. The lowest BCUT2D eigenvalue weighted by molar-refractivity contribution is 0.0953. The molecule has 4 heteroatoms. The predicted molar refractivity (Wildman–Crippen MR) is 73.1 cm³/mol. The van der Waals surface area contributed by atoms with Crippen LogP contribution in [0.5, 0.6) is 0 Å². The van der Waals surface area contributed by atoms with E-state index in [9.17, 15) is 4.79 Å². The molecule has 0 aromatic heterocycles. The van der Waals surface area contributed by atoms with Gasteiger partial charge in [-0.3, -0.25) is 4.79 Å². The SMILES string of the molecule is CCCC(Cl)CNC(=O)c1ccc(Cl)c(C)c1. The second-order valence-corrected chi connectivity index (χ2v) is 5.08. The van der Waals surface area contributed by atoms with Gasteiger partial charge in [0.25, 0.3) is 5.91 Å². The van der Waals surface area contributed by atoms with Gasteiger partial charge in [0, 0.05) is 17.1 Å². The zero-order valence-corrected chi connectivity index (χ0v) is 11.6. The number of carbonyl (C=O) groups is 1. The molecule has 1 amide bonds. The molecule has 0 saturated heterocycles. The van der Waals surface area contributed by atoms with Gasteiger partial charge >= 0.3 is 0 Å². The maximum atomic E-state index is 11.8. The van der Waals surface area contributed by atoms with Crippen LogP contribution in [0.1, 0.15) is 35.7 Å². The Hall–Kier alpha value is -0.730. The van der Waals surface area contributed by atoms with Crippen molar-refractivity contribution in [2.24, 2.45) is 0 Å². The van der Waals surface area contributed by atoms with Crippen molar-refractivity contribution in [3.63, 3.8) is 0 Å². The zero-order chi connectivity index (χ0) is 12.8. The Kier molecular flexibility index (Phi) is 5.79. The molecule has 94 valence electrons. The molecule has 0 aliphatic carbocycles. The van der Waals surface area contributed by atoms with Crippen molar-refractivity contribution in [2.45, 2.75) is 32.1 Å². The highest BCUT2D eigenvalue weighted by Gasteiger charge is 2.09. The number of rotatable bonds is 5. The van der Waals surface area contributed by atoms with Crippen molar-refractivity contribution in [3.05, 3.63) is 34.3 Å². The minimum atomic E-state index is -0.105. The maximum Gasteiger partial charge on any atom is 0.251 e. The van der Waals surface area contributed by atoms with Gasteiger partial charge in [0.05, 0.1) is 5.38 Å². The molecule has 0 aliphatic heterocycles. The minimum Gasteiger partial charge on any atom is -0.351 e. The van der Waals surface area contributed by atoms with Crippen LogP contribution in [0.25, 0.3) is 0 Å². The quantitative estimate of drug-likeness (QED) is 0.813. The van der Waals surface area contributed by atoms with Crippen molar-refractivity contribution in [3.8, 4) is 0 Å². The number of hydrogen-bond donors (Lipinski definition) is 1. The summed E-state index contributed by atoms with van der Waals surface area (Å²) >= 11 is 11.9. The standard InChI is InChI=1S/C13H17Cl2NO/c1-3-4-11(14)8-16-13(17)10-5-6-12(15)9(2)7-10/h5-7,11H,3-4,8H2,1-2H3,(H,16,17). The lowest BCUT2D eigenvalue weighted by Gasteiger charge is -2.10. The normalized spacial score (nSPS) is 12.2. The molecule has 0 bridgehead atoms. The third-order valence-corrected chi connectivity index (χ3v) is 3.30. The summed E-state index contributed by atoms with van der Waals surface area (Å²) in [6.45, 7) is 4.44. The van der Waals surface area contributed by atoms with E-state index < -0.39 is 0 Å². The molecule has 0 aliphatic rings. The zero-order valence-electron chi connectivity index (χ0n) is 10.1. The fourth-order valence-electron chi connectivity index (χ4n) is 1.51. The van der Waals surface area contributed by atoms with Crippen molar-refractivity contribution >= 4 is 29.1 Å². The number of nitrogens with one attached hydrogen (secondary N) is 1. The van der Waals surface area contributed by atoms with E-state index in [0.717, 1.165) is 18.4 Å². The first-order valence-electron chi connectivity index (χ1n) is 5.73. The Morgan fingerprint density at radius 1 is 1.47 bits per heavy atom. The summed E-state index contributed by atoms with van der Waals surface area (Å²) in [5.74, 6) is -0.105. The van der Waals surface area contributed by atoms with Crippen LogP contribution in [0.2, 0.25) is 5.02 Å². The van der Waals surface area contributed by atoms with Crippen LogP contribution in [0, 0.1) is 6.92 Å². The summed E-state index contributed by atoms with van der Waals surface area (Å²) in [5.41, 5.74) is 1.52. The van der Waals surface area contributed by atoms with E-state index in [0.29, 0.717) is 17.1 Å². The Morgan fingerprint density at radius 2 is 2.18 bits per heavy atom. The van der Waals surface area contributed by atoms with Crippen LogP contribution in [0.4, 0.5) is 0 Å². The van der Waals surface area contributed by atoms with Crippen molar-refractivity contribution in [2.75, 3.05) is 6.54 Å². The van der Waals surface area contributed by atoms with Crippen molar-refractivity contribution in [1.29, 1.82) is 0 Å². The monoisotopic (exact) mass is 273 g/mol. The Balaban J connectivity index is 2.55. The van der Waals surface area contributed by atoms with E-state index in [1.54, 1.807) is 18.2 Å². The van der Waals surface area contributed by atoms with Gasteiger partial charge in [0.15, 0.2) is 0 Å². The summed E-state index contributed by atoms with van der Waals surface area (Å²) in [6, 6.07) is 5.23. The summed E-state index contributed by atoms with van der Waals surface area (Å²) < 4.78 is 0. The second-order valence-electron chi connectivity index (χ2n) is 4.06. The fourth-order valence-corrected chi connectivity index (χ4v) is 1.92. The van der Waals surface area contributed by atoms with E-state index in [-0.39, 0.29) is 11.3 Å². The third-order valence-electron chi connectivity index (χ3n) is 2.51. The highest BCUT2D eigenvalue weighted by molar-refractivity contribution is 6.31. The van der Waals surface area contributed by atoms with Crippen LogP contribution in [0.3, 0.4) is 0 Å². The van der Waals surface area contributed by atoms with Gasteiger partial charge in [0.1, 0.15) is 0 Å². The lowest BCUT2D eigenvalue weighted by Crippen LogP contribution is -2.29. The summed E-state index contributed by atoms with van der Waals surface area (Å²) in [5, 5.41) is 3.48. The van der Waals surface area contributed by atoms with Crippen LogP contribution < -0.4 is 5.32 Å². The maximum absolute atomic E-state index is 11.8. The number of amides is 1. The number of halogens is 2. The topological polar surface area (TPSA) is 29.1 Å². The number of hydrogen-bond acceptors (Lipinski definition) is 1. The van der Waals surface area contributed by atoms with E-state index in [1.165, 1.54) is 0 Å². The third kappa shape index (κ3) is 4.57. The van der Waals surface area contributed by atoms with Crippen LogP contribution in [0.15, 0.2) is 18.2 Å². The number of aryl methyl sites for hydroxylation is 1. The molecule has 1 rings (SSSR count). The molecule has 1 unspecified atom stereocenters.